The first kappa shape index (κ1) is 27.7. The van der Waals surface area contributed by atoms with Crippen LogP contribution in [0.5, 0.6) is 0 Å². The van der Waals surface area contributed by atoms with Crippen molar-refractivity contribution in [3.8, 4) is 11.1 Å². The number of hydrogen-bond acceptors (Lipinski definition) is 4. The van der Waals surface area contributed by atoms with Crippen molar-refractivity contribution in [3.63, 3.8) is 0 Å². The molecule has 1 unspecified atom stereocenters. The molecule has 41 heavy (non-hydrogen) atoms. The summed E-state index contributed by atoms with van der Waals surface area (Å²) in [4.78, 5) is 35.2. The van der Waals surface area contributed by atoms with E-state index in [9.17, 15) is 9.59 Å². The third kappa shape index (κ3) is 6.33. The summed E-state index contributed by atoms with van der Waals surface area (Å²) in [6.07, 6.45) is 4.00. The second kappa shape index (κ2) is 11.7. The molecule has 0 spiro atoms. The number of aromatic nitrogens is 2. The lowest BCUT2D eigenvalue weighted by molar-refractivity contribution is 0.0933. The molecule has 0 aliphatic heterocycles. The Balaban J connectivity index is 1.33. The van der Waals surface area contributed by atoms with Gasteiger partial charge in [-0.1, -0.05) is 82.3 Å². The number of carbonyl (C=O) groups excluding carboxylic acids is 2. The van der Waals surface area contributed by atoms with Crippen molar-refractivity contribution >= 4 is 28.4 Å². The number of pyridine rings is 2. The number of benzene rings is 3. The van der Waals surface area contributed by atoms with Crippen LogP contribution in [0.25, 0.3) is 22.0 Å². The van der Waals surface area contributed by atoms with Crippen LogP contribution in [-0.2, 0) is 5.41 Å². The summed E-state index contributed by atoms with van der Waals surface area (Å²) in [7, 11) is 0. The first-order valence-corrected chi connectivity index (χ1v) is 13.9. The first-order chi connectivity index (χ1) is 19.7. The van der Waals surface area contributed by atoms with Crippen molar-refractivity contribution in [1.29, 1.82) is 0 Å². The molecule has 3 aromatic carbocycles. The molecule has 1 atom stereocenters. The maximum Gasteiger partial charge on any atom is 0.256 e. The van der Waals surface area contributed by atoms with Gasteiger partial charge in [0.25, 0.3) is 11.8 Å². The van der Waals surface area contributed by atoms with Gasteiger partial charge in [0.05, 0.1) is 22.8 Å². The summed E-state index contributed by atoms with van der Waals surface area (Å²) in [5.74, 6) is -0.405. The summed E-state index contributed by atoms with van der Waals surface area (Å²) in [6, 6.07) is 28.8. The van der Waals surface area contributed by atoms with Gasteiger partial charge in [-0.2, -0.15) is 0 Å². The van der Waals surface area contributed by atoms with Crippen LogP contribution in [0.1, 0.15) is 72.1 Å². The van der Waals surface area contributed by atoms with E-state index in [1.807, 2.05) is 73.7 Å². The average Bonchev–Trinajstić information content (AvgIpc) is 2.99. The van der Waals surface area contributed by atoms with Crippen LogP contribution < -0.4 is 10.6 Å². The van der Waals surface area contributed by atoms with E-state index in [4.69, 9.17) is 0 Å². The van der Waals surface area contributed by atoms with Gasteiger partial charge in [-0.15, -0.1) is 0 Å². The molecule has 2 heterocycles. The van der Waals surface area contributed by atoms with E-state index >= 15 is 0 Å². The van der Waals surface area contributed by atoms with Crippen LogP contribution in [0.2, 0.25) is 0 Å². The molecule has 6 nitrogen and oxygen atoms in total. The predicted octanol–water partition coefficient (Wildman–Crippen LogP) is 7.73. The molecule has 0 bridgehead atoms. The Bertz CT molecular complexity index is 1690. The highest BCUT2D eigenvalue weighted by Crippen LogP contribution is 2.29. The van der Waals surface area contributed by atoms with Gasteiger partial charge in [0, 0.05) is 29.0 Å². The van der Waals surface area contributed by atoms with Gasteiger partial charge in [-0.25, -0.2) is 0 Å². The zero-order valence-electron chi connectivity index (χ0n) is 23.8. The van der Waals surface area contributed by atoms with Gasteiger partial charge < -0.3 is 10.6 Å². The highest BCUT2D eigenvalue weighted by molar-refractivity contribution is 6.09. The molecule has 5 aromatic rings. The van der Waals surface area contributed by atoms with E-state index < -0.39 is 0 Å². The summed E-state index contributed by atoms with van der Waals surface area (Å²) < 4.78 is 0. The standard InChI is InChI=1S/C35H34N4O2/c1-5-30(31-12-8-9-19-36-31)39-33(40)25-20-24-15-18-27(21-32(24)37-22-25)38-34(41)29-11-7-6-10-28(29)23-13-16-26(17-14-23)35(2,3)4/h6-22,30H,5H2,1-4H3,(H,38,41)(H,39,40). The van der Waals surface area contributed by atoms with Crippen LogP contribution in [0.4, 0.5) is 5.69 Å². The zero-order valence-corrected chi connectivity index (χ0v) is 23.8. The van der Waals surface area contributed by atoms with E-state index in [0.29, 0.717) is 22.3 Å². The summed E-state index contributed by atoms with van der Waals surface area (Å²) in [5, 5.41) is 6.88. The van der Waals surface area contributed by atoms with E-state index in [-0.39, 0.29) is 23.3 Å². The minimum atomic E-state index is -0.207. The van der Waals surface area contributed by atoms with Crippen molar-refractivity contribution in [2.45, 2.75) is 45.6 Å². The normalized spacial score (nSPS) is 12.1. The smallest absolute Gasteiger partial charge is 0.256 e. The molecule has 5 rings (SSSR count). The predicted molar refractivity (Wildman–Crippen MR) is 165 cm³/mol. The molecule has 206 valence electrons. The molecular weight excluding hydrogens is 508 g/mol. The zero-order chi connectivity index (χ0) is 29.0. The minimum Gasteiger partial charge on any atom is -0.344 e. The van der Waals surface area contributed by atoms with Gasteiger partial charge in [0.2, 0.25) is 0 Å². The highest BCUT2D eigenvalue weighted by atomic mass is 16.2. The van der Waals surface area contributed by atoms with E-state index in [1.54, 1.807) is 12.4 Å². The van der Waals surface area contributed by atoms with Gasteiger partial charge in [0.1, 0.15) is 0 Å². The summed E-state index contributed by atoms with van der Waals surface area (Å²) in [5.41, 5.74) is 6.35. The molecule has 0 radical (unpaired) electrons. The van der Waals surface area contributed by atoms with E-state index in [1.165, 1.54) is 5.56 Å². The molecule has 0 aliphatic rings. The Morgan fingerprint density at radius 1 is 0.829 bits per heavy atom. The number of carbonyl (C=O) groups is 2. The van der Waals surface area contributed by atoms with Crippen LogP contribution in [0.15, 0.2) is 103 Å². The third-order valence-electron chi connectivity index (χ3n) is 7.20. The van der Waals surface area contributed by atoms with Crippen molar-refractivity contribution in [1.82, 2.24) is 15.3 Å². The summed E-state index contributed by atoms with van der Waals surface area (Å²) in [6.45, 7) is 8.56. The molecule has 2 amide bonds. The number of fused-ring (bicyclic) bond motifs is 1. The molecule has 0 aliphatic carbocycles. The third-order valence-corrected chi connectivity index (χ3v) is 7.20. The second-order valence-corrected chi connectivity index (χ2v) is 11.1. The highest BCUT2D eigenvalue weighted by Gasteiger charge is 2.18. The summed E-state index contributed by atoms with van der Waals surface area (Å²) >= 11 is 0. The fourth-order valence-corrected chi connectivity index (χ4v) is 4.81. The Morgan fingerprint density at radius 3 is 2.29 bits per heavy atom. The largest absolute Gasteiger partial charge is 0.344 e. The number of anilines is 1. The van der Waals surface area contributed by atoms with Gasteiger partial charge in [-0.3, -0.25) is 19.6 Å². The Kier molecular flexibility index (Phi) is 7.92. The molecule has 0 fully saturated rings. The molecule has 6 heteroatoms. The number of rotatable bonds is 7. The van der Waals surface area contributed by atoms with Crippen molar-refractivity contribution in [2.75, 3.05) is 5.32 Å². The maximum atomic E-state index is 13.4. The molecule has 0 saturated heterocycles. The van der Waals surface area contributed by atoms with Crippen LogP contribution in [0.3, 0.4) is 0 Å². The number of nitrogens with zero attached hydrogens (tertiary/aromatic N) is 2. The molecule has 0 saturated carbocycles. The van der Waals surface area contributed by atoms with Crippen LogP contribution in [0, 0.1) is 0 Å². The SMILES string of the molecule is CCC(NC(=O)c1cnc2cc(NC(=O)c3ccccc3-c3ccc(C(C)(C)C)cc3)ccc2c1)c1ccccn1. The Morgan fingerprint density at radius 2 is 1.59 bits per heavy atom. The van der Waals surface area contributed by atoms with Gasteiger partial charge in [0.15, 0.2) is 0 Å². The van der Waals surface area contributed by atoms with Gasteiger partial charge in [-0.05, 0) is 64.9 Å². The monoisotopic (exact) mass is 542 g/mol. The van der Waals surface area contributed by atoms with Gasteiger partial charge >= 0.3 is 0 Å². The lowest BCUT2D eigenvalue weighted by Gasteiger charge is -2.19. The fraction of sp³-hybridized carbons (Fsp3) is 0.200. The fourth-order valence-electron chi connectivity index (χ4n) is 4.81. The molecule has 2 aromatic heterocycles. The number of amides is 2. The van der Waals surface area contributed by atoms with Crippen LogP contribution >= 0.6 is 0 Å². The lowest BCUT2D eigenvalue weighted by atomic mass is 9.86. The van der Waals surface area contributed by atoms with Crippen LogP contribution in [-0.4, -0.2) is 21.8 Å². The van der Waals surface area contributed by atoms with E-state index in [2.05, 4.69) is 65.6 Å². The number of nitrogens with one attached hydrogen (secondary N) is 2. The van der Waals surface area contributed by atoms with Crippen molar-refractivity contribution in [2.24, 2.45) is 0 Å². The maximum absolute atomic E-state index is 13.4. The molecule has 2 N–H and O–H groups in total. The first-order valence-electron chi connectivity index (χ1n) is 13.9. The Labute approximate surface area is 240 Å². The Hall–Kier alpha value is -4.84. The quantitative estimate of drug-likeness (QED) is 0.220. The van der Waals surface area contributed by atoms with Crippen molar-refractivity contribution in [3.05, 3.63) is 126 Å². The van der Waals surface area contributed by atoms with E-state index in [0.717, 1.165) is 28.6 Å². The average molecular weight is 543 g/mol. The molecular formula is C35H34N4O2. The minimum absolute atomic E-state index is 0.0572. The van der Waals surface area contributed by atoms with Crippen molar-refractivity contribution < 1.29 is 9.59 Å². The number of hydrogen-bond donors (Lipinski definition) is 2. The lowest BCUT2D eigenvalue weighted by Crippen LogP contribution is -2.28. The second-order valence-electron chi connectivity index (χ2n) is 11.1. The topological polar surface area (TPSA) is 84.0 Å².